The molecule has 2 N–H and O–H groups in total. The zero-order chi connectivity index (χ0) is 17.2. The number of rotatable bonds is 5. The van der Waals surface area contributed by atoms with Gasteiger partial charge in [0.25, 0.3) is 0 Å². The summed E-state index contributed by atoms with van der Waals surface area (Å²) >= 11 is 1.25. The third-order valence-electron chi connectivity index (χ3n) is 3.25. The van der Waals surface area contributed by atoms with Crippen LogP contribution in [0.15, 0.2) is 39.6 Å². The lowest BCUT2D eigenvalue weighted by Crippen LogP contribution is -2.09. The molecule has 0 saturated heterocycles. The van der Waals surface area contributed by atoms with Gasteiger partial charge < -0.3 is 14.6 Å². The molecule has 0 amide bonds. The predicted octanol–water partition coefficient (Wildman–Crippen LogP) is 4.27. The van der Waals surface area contributed by atoms with E-state index in [2.05, 4.69) is 0 Å². The molecule has 0 atom stereocenters. The maximum Gasteiger partial charge on any atom is 0.339 e. The van der Waals surface area contributed by atoms with E-state index in [9.17, 15) is 19.8 Å². The van der Waals surface area contributed by atoms with Gasteiger partial charge in [0.05, 0.1) is 11.3 Å². The van der Waals surface area contributed by atoms with Gasteiger partial charge in [0.1, 0.15) is 17.1 Å². The highest BCUT2D eigenvalue weighted by molar-refractivity contribution is 7.98. The van der Waals surface area contributed by atoms with Crippen LogP contribution in [0.25, 0.3) is 0 Å². The van der Waals surface area contributed by atoms with E-state index in [-0.39, 0.29) is 22.3 Å². The van der Waals surface area contributed by atoms with Gasteiger partial charge in [0.15, 0.2) is 0 Å². The largest absolute Gasteiger partial charge is 0.478 e. The van der Waals surface area contributed by atoms with Crippen molar-refractivity contribution in [3.63, 3.8) is 0 Å². The minimum Gasteiger partial charge on any atom is -0.478 e. The first kappa shape index (κ1) is 17.1. The normalized spacial score (nSPS) is 11.4. The van der Waals surface area contributed by atoms with Gasteiger partial charge in [-0.3, -0.25) is 0 Å². The molecule has 0 aliphatic heterocycles. The first-order valence-corrected chi connectivity index (χ1v) is 8.00. The number of carbonyl (C=O) groups is 2. The van der Waals surface area contributed by atoms with Gasteiger partial charge in [-0.25, -0.2) is 9.59 Å². The maximum atomic E-state index is 11.4. The highest BCUT2D eigenvalue weighted by Gasteiger charge is 2.24. The Hall–Kier alpha value is -2.21. The average molecular weight is 334 g/mol. The second kappa shape index (κ2) is 6.50. The van der Waals surface area contributed by atoms with Crippen molar-refractivity contribution < 1.29 is 24.2 Å². The van der Waals surface area contributed by atoms with E-state index in [0.717, 1.165) is 0 Å². The molecular formula is C17H18O5S. The highest BCUT2D eigenvalue weighted by Crippen LogP contribution is 2.32. The van der Waals surface area contributed by atoms with Crippen molar-refractivity contribution in [2.24, 2.45) is 0 Å². The van der Waals surface area contributed by atoms with E-state index in [1.807, 2.05) is 20.8 Å². The van der Waals surface area contributed by atoms with Crippen LogP contribution in [0.4, 0.5) is 0 Å². The van der Waals surface area contributed by atoms with E-state index in [4.69, 9.17) is 4.42 Å². The minimum atomic E-state index is -1.05. The Kier molecular flexibility index (Phi) is 4.85. The summed E-state index contributed by atoms with van der Waals surface area (Å²) in [5.41, 5.74) is 0.0127. The Bertz CT molecular complexity index is 740. The third-order valence-corrected chi connectivity index (χ3v) is 4.33. The van der Waals surface area contributed by atoms with Crippen LogP contribution in [0.3, 0.4) is 0 Å². The topological polar surface area (TPSA) is 87.7 Å². The highest BCUT2D eigenvalue weighted by atomic mass is 32.2. The van der Waals surface area contributed by atoms with E-state index in [0.29, 0.717) is 16.4 Å². The molecule has 6 heteroatoms. The summed E-state index contributed by atoms with van der Waals surface area (Å²) in [4.78, 5) is 23.2. The molecule has 0 bridgehead atoms. The number of furan rings is 1. The molecule has 5 nitrogen and oxygen atoms in total. The lowest BCUT2D eigenvalue weighted by Gasteiger charge is -2.14. The first-order valence-electron chi connectivity index (χ1n) is 7.01. The zero-order valence-corrected chi connectivity index (χ0v) is 13.9. The van der Waals surface area contributed by atoms with Crippen molar-refractivity contribution in [3.05, 3.63) is 53.0 Å². The van der Waals surface area contributed by atoms with E-state index < -0.39 is 11.9 Å². The monoisotopic (exact) mass is 334 g/mol. The van der Waals surface area contributed by atoms with Gasteiger partial charge in [0, 0.05) is 10.3 Å². The predicted molar refractivity (Wildman–Crippen MR) is 87.3 cm³/mol. The van der Waals surface area contributed by atoms with Crippen LogP contribution in [-0.4, -0.2) is 22.2 Å². The van der Waals surface area contributed by atoms with Crippen LogP contribution in [0.5, 0.6) is 0 Å². The molecule has 0 aliphatic rings. The molecule has 2 rings (SSSR count). The van der Waals surface area contributed by atoms with Crippen molar-refractivity contribution in [3.8, 4) is 0 Å². The molecule has 0 aliphatic carbocycles. The number of carboxylic acids is 2. The van der Waals surface area contributed by atoms with Crippen LogP contribution < -0.4 is 0 Å². The fourth-order valence-electron chi connectivity index (χ4n) is 2.00. The van der Waals surface area contributed by atoms with Gasteiger partial charge in [-0.2, -0.15) is 0 Å². The van der Waals surface area contributed by atoms with Gasteiger partial charge in [0.2, 0.25) is 0 Å². The number of hydrogen-bond acceptors (Lipinski definition) is 4. The molecule has 2 aromatic rings. The molecule has 0 spiro atoms. The molecule has 0 radical (unpaired) electrons. The van der Waals surface area contributed by atoms with Crippen LogP contribution in [-0.2, 0) is 11.2 Å². The Balaban J connectivity index is 2.29. The third kappa shape index (κ3) is 3.96. The van der Waals surface area contributed by atoms with Gasteiger partial charge >= 0.3 is 11.9 Å². The SMILES string of the molecule is CC(C)(C)c1cc(C(=O)O)c(CSc2ccccc2C(=O)O)o1. The molecule has 0 unspecified atom stereocenters. The molecule has 1 aromatic heterocycles. The molecule has 0 fully saturated rings. The Morgan fingerprint density at radius 1 is 1.09 bits per heavy atom. The minimum absolute atomic E-state index is 0.121. The summed E-state index contributed by atoms with van der Waals surface area (Å²) in [5, 5.41) is 18.5. The summed E-state index contributed by atoms with van der Waals surface area (Å²) in [7, 11) is 0. The maximum absolute atomic E-state index is 11.4. The molecule has 1 aromatic carbocycles. The van der Waals surface area contributed by atoms with Crippen molar-refractivity contribution in [1.82, 2.24) is 0 Å². The quantitative estimate of drug-likeness (QED) is 0.794. The van der Waals surface area contributed by atoms with Gasteiger partial charge in [-0.05, 0) is 18.2 Å². The second-order valence-corrected chi connectivity index (χ2v) is 7.11. The Labute approximate surface area is 138 Å². The molecule has 23 heavy (non-hydrogen) atoms. The van der Waals surface area contributed by atoms with Crippen LogP contribution in [0.2, 0.25) is 0 Å². The summed E-state index contributed by atoms with van der Waals surface area (Å²) in [6, 6.07) is 8.16. The lowest BCUT2D eigenvalue weighted by atomic mass is 9.93. The Morgan fingerprint density at radius 3 is 2.26 bits per heavy atom. The number of hydrogen-bond donors (Lipinski definition) is 2. The van der Waals surface area contributed by atoms with Crippen LogP contribution >= 0.6 is 11.8 Å². The summed E-state index contributed by atoms with van der Waals surface area (Å²) in [6.45, 7) is 5.82. The Morgan fingerprint density at radius 2 is 1.70 bits per heavy atom. The number of thioether (sulfide) groups is 1. The van der Waals surface area contributed by atoms with Crippen molar-refractivity contribution in [2.45, 2.75) is 36.8 Å². The van der Waals surface area contributed by atoms with Crippen molar-refractivity contribution in [1.29, 1.82) is 0 Å². The smallest absolute Gasteiger partial charge is 0.339 e. The number of aromatic carboxylic acids is 2. The van der Waals surface area contributed by atoms with Gasteiger partial charge in [-0.1, -0.05) is 32.9 Å². The molecule has 0 saturated carbocycles. The average Bonchev–Trinajstić information content (AvgIpc) is 2.89. The van der Waals surface area contributed by atoms with E-state index >= 15 is 0 Å². The fourth-order valence-corrected chi connectivity index (χ4v) is 2.99. The first-order chi connectivity index (χ1) is 10.7. The lowest BCUT2D eigenvalue weighted by molar-refractivity contribution is 0.0682. The van der Waals surface area contributed by atoms with E-state index in [1.54, 1.807) is 24.3 Å². The van der Waals surface area contributed by atoms with Crippen LogP contribution in [0, 0.1) is 0 Å². The molecular weight excluding hydrogens is 316 g/mol. The van der Waals surface area contributed by atoms with Crippen LogP contribution in [0.1, 0.15) is 53.0 Å². The summed E-state index contributed by atoms with van der Waals surface area (Å²) in [5.74, 6) is -0.875. The van der Waals surface area contributed by atoms with Crippen molar-refractivity contribution >= 4 is 23.7 Å². The fraction of sp³-hybridized carbons (Fsp3) is 0.294. The molecule has 122 valence electrons. The number of carboxylic acid groups (broad SMARTS) is 2. The van der Waals surface area contributed by atoms with E-state index in [1.165, 1.54) is 17.8 Å². The summed E-state index contributed by atoms with van der Waals surface area (Å²) < 4.78 is 5.71. The van der Waals surface area contributed by atoms with Gasteiger partial charge in [-0.15, -0.1) is 11.8 Å². The zero-order valence-electron chi connectivity index (χ0n) is 13.1. The summed E-state index contributed by atoms with van der Waals surface area (Å²) in [6.07, 6.45) is 0. The number of benzene rings is 1. The molecule has 1 heterocycles. The second-order valence-electron chi connectivity index (χ2n) is 6.09. The van der Waals surface area contributed by atoms with Crippen molar-refractivity contribution in [2.75, 3.05) is 0 Å². The standard InChI is InChI=1S/C17H18O5S/c1-17(2,3)14-8-11(16(20)21)12(22-14)9-23-13-7-5-4-6-10(13)15(18)19/h4-8H,9H2,1-3H3,(H,18,19)(H,20,21).